The van der Waals surface area contributed by atoms with Gasteiger partial charge in [-0.25, -0.2) is 9.97 Å². The average molecular weight is 188 g/mol. The van der Waals surface area contributed by atoms with Gasteiger partial charge in [0, 0.05) is 12.4 Å². The summed E-state index contributed by atoms with van der Waals surface area (Å²) in [6, 6.07) is 1.59. The number of hydrogen-bond acceptors (Lipinski definition) is 4. The molecule has 2 aromatic rings. The van der Waals surface area contributed by atoms with Crippen molar-refractivity contribution in [2.24, 2.45) is 0 Å². The van der Waals surface area contributed by atoms with Gasteiger partial charge in [-0.1, -0.05) is 0 Å². The second-order valence-electron chi connectivity index (χ2n) is 2.93. The Bertz CT molecular complexity index is 432. The fraction of sp³-hybridized carbons (Fsp3) is 0.100. The Hall–Kier alpha value is -1.97. The molecule has 0 bridgehead atoms. The van der Waals surface area contributed by atoms with Crippen molar-refractivity contribution in [2.75, 3.05) is 0 Å². The summed E-state index contributed by atoms with van der Waals surface area (Å²) in [7, 11) is 0. The minimum Gasteiger partial charge on any atom is -0.472 e. The van der Waals surface area contributed by atoms with Gasteiger partial charge in [-0.15, -0.1) is 0 Å². The van der Waals surface area contributed by atoms with Crippen molar-refractivity contribution in [3.8, 4) is 0 Å². The molecular weight excluding hydrogens is 180 g/mol. The fourth-order valence-electron chi connectivity index (χ4n) is 1.03. The number of aryl methyl sites for hydroxylation is 1. The van der Waals surface area contributed by atoms with Crippen LogP contribution in [0.1, 0.15) is 21.7 Å². The van der Waals surface area contributed by atoms with Crippen molar-refractivity contribution in [2.45, 2.75) is 6.92 Å². The van der Waals surface area contributed by atoms with Crippen LogP contribution in [0.3, 0.4) is 0 Å². The summed E-state index contributed by atoms with van der Waals surface area (Å²) in [6.07, 6.45) is 6.05. The maximum absolute atomic E-state index is 11.6. The highest BCUT2D eigenvalue weighted by molar-refractivity contribution is 6.06. The number of carbonyl (C=O) groups excluding carboxylic acids is 1. The van der Waals surface area contributed by atoms with Crippen LogP contribution in [0, 0.1) is 6.92 Å². The van der Waals surface area contributed by atoms with Gasteiger partial charge in [-0.2, -0.15) is 0 Å². The van der Waals surface area contributed by atoms with E-state index in [9.17, 15) is 4.79 Å². The molecular formula is C10H8N2O2. The second-order valence-corrected chi connectivity index (χ2v) is 2.93. The van der Waals surface area contributed by atoms with E-state index in [0.29, 0.717) is 5.56 Å². The van der Waals surface area contributed by atoms with E-state index in [0.717, 1.165) is 5.56 Å². The molecule has 2 rings (SSSR count). The third kappa shape index (κ3) is 1.54. The van der Waals surface area contributed by atoms with E-state index in [4.69, 9.17) is 4.42 Å². The lowest BCUT2D eigenvalue weighted by molar-refractivity contribution is 0.102. The highest BCUT2D eigenvalue weighted by atomic mass is 16.3. The van der Waals surface area contributed by atoms with Gasteiger partial charge in [0.15, 0.2) is 0 Å². The van der Waals surface area contributed by atoms with Crippen LogP contribution in [-0.2, 0) is 0 Å². The van der Waals surface area contributed by atoms with Crippen molar-refractivity contribution in [3.63, 3.8) is 0 Å². The molecule has 0 aliphatic rings. The van der Waals surface area contributed by atoms with Crippen LogP contribution < -0.4 is 0 Å². The van der Waals surface area contributed by atoms with Crippen molar-refractivity contribution in [3.05, 3.63) is 47.9 Å². The molecule has 0 radical (unpaired) electrons. The Labute approximate surface area is 80.6 Å². The van der Waals surface area contributed by atoms with Crippen molar-refractivity contribution >= 4 is 5.78 Å². The van der Waals surface area contributed by atoms with Gasteiger partial charge < -0.3 is 4.42 Å². The summed E-state index contributed by atoms with van der Waals surface area (Å²) in [6.45, 7) is 1.87. The number of rotatable bonds is 2. The quantitative estimate of drug-likeness (QED) is 0.672. The summed E-state index contributed by atoms with van der Waals surface area (Å²) < 4.78 is 4.80. The molecule has 4 nitrogen and oxygen atoms in total. The molecule has 0 aliphatic carbocycles. The maximum atomic E-state index is 11.6. The number of ketones is 1. The van der Waals surface area contributed by atoms with Gasteiger partial charge in [-0.3, -0.25) is 4.79 Å². The van der Waals surface area contributed by atoms with Crippen molar-refractivity contribution in [1.82, 2.24) is 9.97 Å². The van der Waals surface area contributed by atoms with E-state index in [1.165, 1.54) is 12.5 Å². The Morgan fingerprint density at radius 2 is 2.07 bits per heavy atom. The highest BCUT2D eigenvalue weighted by Crippen LogP contribution is 2.06. The molecule has 2 aromatic heterocycles. The number of aromatic nitrogens is 2. The Morgan fingerprint density at radius 1 is 1.36 bits per heavy atom. The van der Waals surface area contributed by atoms with Gasteiger partial charge in [-0.05, 0) is 18.6 Å². The molecule has 2 heterocycles. The molecule has 0 saturated carbocycles. The number of nitrogens with zero attached hydrogens (tertiary/aromatic N) is 2. The molecule has 0 aromatic carbocycles. The SMILES string of the molecule is Cc1cnc(C(=O)c2ccoc2)nc1. The number of hydrogen-bond donors (Lipinski definition) is 0. The molecule has 0 N–H and O–H groups in total. The standard InChI is InChI=1S/C10H8N2O2/c1-7-4-11-10(12-5-7)9(13)8-2-3-14-6-8/h2-6H,1H3. The summed E-state index contributed by atoms with van der Waals surface area (Å²) in [5, 5.41) is 0. The molecule has 70 valence electrons. The van der Waals surface area contributed by atoms with Crippen LogP contribution in [0.25, 0.3) is 0 Å². The third-order valence-corrected chi connectivity index (χ3v) is 1.77. The van der Waals surface area contributed by atoms with Crippen LogP contribution in [0.2, 0.25) is 0 Å². The maximum Gasteiger partial charge on any atom is 0.233 e. The second kappa shape index (κ2) is 3.41. The molecule has 0 spiro atoms. The largest absolute Gasteiger partial charge is 0.472 e. The van der Waals surface area contributed by atoms with Crippen LogP contribution in [-0.4, -0.2) is 15.8 Å². The summed E-state index contributed by atoms with van der Waals surface area (Å²) >= 11 is 0. The lowest BCUT2D eigenvalue weighted by atomic mass is 10.2. The minimum absolute atomic E-state index is 0.192. The molecule has 0 unspecified atom stereocenters. The normalized spacial score (nSPS) is 10.1. The highest BCUT2D eigenvalue weighted by Gasteiger charge is 2.12. The smallest absolute Gasteiger partial charge is 0.233 e. The molecule has 0 fully saturated rings. The summed E-state index contributed by atoms with van der Waals surface area (Å²) in [5.74, 6) is -0.0317. The monoisotopic (exact) mass is 188 g/mol. The minimum atomic E-state index is -0.223. The molecule has 0 saturated heterocycles. The number of carbonyl (C=O) groups is 1. The van der Waals surface area contributed by atoms with Crippen LogP contribution in [0.4, 0.5) is 0 Å². The molecule has 14 heavy (non-hydrogen) atoms. The first-order valence-electron chi connectivity index (χ1n) is 4.13. The predicted octanol–water partition coefficient (Wildman–Crippen LogP) is 1.61. The van der Waals surface area contributed by atoms with Crippen LogP contribution >= 0.6 is 0 Å². The van der Waals surface area contributed by atoms with Gasteiger partial charge in [0.2, 0.25) is 11.6 Å². The Balaban J connectivity index is 2.33. The van der Waals surface area contributed by atoms with E-state index in [2.05, 4.69) is 9.97 Å². The lowest BCUT2D eigenvalue weighted by Crippen LogP contribution is -2.05. The first-order chi connectivity index (χ1) is 6.77. The van der Waals surface area contributed by atoms with Gasteiger partial charge in [0.1, 0.15) is 6.26 Å². The Kier molecular flexibility index (Phi) is 2.10. The average Bonchev–Trinajstić information content (AvgIpc) is 2.71. The zero-order valence-electron chi connectivity index (χ0n) is 7.60. The van der Waals surface area contributed by atoms with Crippen molar-refractivity contribution < 1.29 is 9.21 Å². The fourth-order valence-corrected chi connectivity index (χ4v) is 1.03. The van der Waals surface area contributed by atoms with E-state index < -0.39 is 0 Å². The number of furan rings is 1. The zero-order chi connectivity index (χ0) is 9.97. The van der Waals surface area contributed by atoms with E-state index in [-0.39, 0.29) is 11.6 Å². The lowest BCUT2D eigenvalue weighted by Gasteiger charge is -1.95. The predicted molar refractivity (Wildman–Crippen MR) is 48.9 cm³/mol. The van der Waals surface area contributed by atoms with Gasteiger partial charge in [0.05, 0.1) is 11.8 Å². The molecule has 0 aliphatic heterocycles. The molecule has 0 atom stereocenters. The van der Waals surface area contributed by atoms with E-state index in [1.807, 2.05) is 6.92 Å². The first kappa shape index (κ1) is 8.62. The van der Waals surface area contributed by atoms with Gasteiger partial charge in [0.25, 0.3) is 0 Å². The molecule has 4 heteroatoms. The Morgan fingerprint density at radius 3 is 2.64 bits per heavy atom. The third-order valence-electron chi connectivity index (χ3n) is 1.77. The topological polar surface area (TPSA) is 56.0 Å². The summed E-state index contributed by atoms with van der Waals surface area (Å²) in [4.78, 5) is 19.5. The van der Waals surface area contributed by atoms with Crippen molar-refractivity contribution in [1.29, 1.82) is 0 Å². The first-order valence-corrected chi connectivity index (χ1v) is 4.13. The van der Waals surface area contributed by atoms with Crippen LogP contribution in [0.15, 0.2) is 35.4 Å². The molecule has 0 amide bonds. The summed E-state index contributed by atoms with van der Waals surface area (Å²) in [5.41, 5.74) is 1.39. The van der Waals surface area contributed by atoms with E-state index in [1.54, 1.807) is 18.5 Å². The van der Waals surface area contributed by atoms with E-state index >= 15 is 0 Å². The van der Waals surface area contributed by atoms with Gasteiger partial charge >= 0.3 is 0 Å². The zero-order valence-corrected chi connectivity index (χ0v) is 7.60. The van der Waals surface area contributed by atoms with Crippen LogP contribution in [0.5, 0.6) is 0 Å².